The smallest absolute Gasteiger partial charge is 0.275 e. The van der Waals surface area contributed by atoms with Crippen LogP contribution in [0.2, 0.25) is 0 Å². The molecule has 21 heavy (non-hydrogen) atoms. The zero-order valence-corrected chi connectivity index (χ0v) is 14.7. The van der Waals surface area contributed by atoms with Crippen molar-refractivity contribution in [2.24, 2.45) is 0 Å². The molecule has 0 aromatic heterocycles. The van der Waals surface area contributed by atoms with Crippen molar-refractivity contribution in [3.63, 3.8) is 0 Å². The van der Waals surface area contributed by atoms with Gasteiger partial charge in [-0.15, -0.1) is 0 Å². The number of carbonyl (C=O) groups excluding carboxylic acids is 2. The Labute approximate surface area is 129 Å². The molecule has 0 saturated heterocycles. The lowest BCUT2D eigenvalue weighted by Crippen LogP contribution is -2.50. The van der Waals surface area contributed by atoms with Gasteiger partial charge in [0, 0.05) is 25.9 Å². The second-order valence-corrected chi connectivity index (χ2v) is 7.24. The van der Waals surface area contributed by atoms with Crippen molar-refractivity contribution in [1.82, 2.24) is 10.6 Å². The van der Waals surface area contributed by atoms with E-state index in [1.54, 1.807) is 0 Å². The maximum atomic E-state index is 11.9. The molecule has 0 aromatic rings. The molecule has 0 radical (unpaired) electrons. The fourth-order valence-corrected chi connectivity index (χ4v) is 2.03. The lowest BCUT2D eigenvalue weighted by Gasteiger charge is -2.31. The van der Waals surface area contributed by atoms with Gasteiger partial charge >= 0.3 is 0 Å². The third-order valence-corrected chi connectivity index (χ3v) is 3.25. The van der Waals surface area contributed by atoms with Crippen molar-refractivity contribution < 1.29 is 18.6 Å². The second kappa shape index (κ2) is 9.00. The SMILES string of the molecule is CCC(=O)NCCNC(=O)C[N+](C)(C)CCC[N+](C)(C)C. The molecule has 0 fully saturated rings. The summed E-state index contributed by atoms with van der Waals surface area (Å²) in [6.07, 6.45) is 1.57. The third kappa shape index (κ3) is 12.3. The highest BCUT2D eigenvalue weighted by molar-refractivity contribution is 5.77. The van der Waals surface area contributed by atoms with Gasteiger partial charge in [0.05, 0.1) is 48.3 Å². The van der Waals surface area contributed by atoms with Crippen LogP contribution >= 0.6 is 0 Å². The largest absolute Gasteiger partial charge is 0.354 e. The lowest BCUT2D eigenvalue weighted by atomic mass is 10.3. The number of amides is 2. The van der Waals surface area contributed by atoms with E-state index in [1.807, 2.05) is 6.92 Å². The Morgan fingerprint density at radius 3 is 1.86 bits per heavy atom. The van der Waals surface area contributed by atoms with Gasteiger partial charge in [-0.2, -0.15) is 0 Å². The van der Waals surface area contributed by atoms with Gasteiger partial charge in [0.15, 0.2) is 6.54 Å². The Bertz CT molecular complexity index is 335. The monoisotopic (exact) mass is 302 g/mol. The highest BCUT2D eigenvalue weighted by Crippen LogP contribution is 2.02. The van der Waals surface area contributed by atoms with Crippen molar-refractivity contribution in [1.29, 1.82) is 0 Å². The standard InChI is InChI=1S/C15H32N4O2/c1-7-14(20)16-9-10-17-15(21)13-19(5,6)12-8-11-18(2,3)4/h7-13H2,1-6H3/p+2. The van der Waals surface area contributed by atoms with Gasteiger partial charge in [-0.25, -0.2) is 0 Å². The quantitative estimate of drug-likeness (QED) is 0.434. The summed E-state index contributed by atoms with van der Waals surface area (Å²) in [6, 6.07) is 0. The average Bonchev–Trinajstić information content (AvgIpc) is 2.31. The molecule has 0 unspecified atom stereocenters. The van der Waals surface area contributed by atoms with Gasteiger partial charge in [-0.3, -0.25) is 9.59 Å². The van der Waals surface area contributed by atoms with Gasteiger partial charge in [0.1, 0.15) is 0 Å². The van der Waals surface area contributed by atoms with E-state index >= 15 is 0 Å². The summed E-state index contributed by atoms with van der Waals surface area (Å²) >= 11 is 0. The average molecular weight is 302 g/mol. The molecule has 0 aliphatic carbocycles. The molecular weight excluding hydrogens is 268 g/mol. The fourth-order valence-electron chi connectivity index (χ4n) is 2.03. The summed E-state index contributed by atoms with van der Waals surface area (Å²) in [7, 11) is 10.7. The number of rotatable bonds is 10. The minimum absolute atomic E-state index is 0.0145. The Kier molecular flexibility index (Phi) is 8.51. The van der Waals surface area contributed by atoms with E-state index in [2.05, 4.69) is 45.9 Å². The van der Waals surface area contributed by atoms with Crippen LogP contribution in [-0.2, 0) is 9.59 Å². The maximum absolute atomic E-state index is 11.9. The van der Waals surface area contributed by atoms with Crippen LogP contribution in [-0.4, -0.2) is 88.7 Å². The highest BCUT2D eigenvalue weighted by atomic mass is 16.2. The number of hydrogen-bond donors (Lipinski definition) is 2. The first-order valence-corrected chi connectivity index (χ1v) is 7.71. The minimum Gasteiger partial charge on any atom is -0.354 e. The van der Waals surface area contributed by atoms with Crippen LogP contribution in [0.15, 0.2) is 0 Å². The van der Waals surface area contributed by atoms with Crippen LogP contribution in [0.25, 0.3) is 0 Å². The molecule has 2 amide bonds. The molecule has 0 aromatic carbocycles. The number of quaternary nitrogens is 2. The topological polar surface area (TPSA) is 58.2 Å². The Morgan fingerprint density at radius 2 is 1.38 bits per heavy atom. The molecule has 0 bridgehead atoms. The van der Waals surface area contributed by atoms with E-state index in [-0.39, 0.29) is 11.8 Å². The maximum Gasteiger partial charge on any atom is 0.275 e. The van der Waals surface area contributed by atoms with Crippen LogP contribution in [0.3, 0.4) is 0 Å². The van der Waals surface area contributed by atoms with Gasteiger partial charge in [0.2, 0.25) is 5.91 Å². The minimum atomic E-state index is 0.0145. The molecule has 124 valence electrons. The van der Waals surface area contributed by atoms with Gasteiger partial charge in [-0.05, 0) is 0 Å². The predicted octanol–water partition coefficient (Wildman–Crippen LogP) is -0.198. The molecule has 0 aliphatic heterocycles. The summed E-state index contributed by atoms with van der Waals surface area (Å²) in [6.45, 7) is 5.35. The van der Waals surface area contributed by atoms with E-state index in [4.69, 9.17) is 0 Å². The summed E-state index contributed by atoms with van der Waals surface area (Å²) in [5.74, 6) is 0.0525. The highest BCUT2D eigenvalue weighted by Gasteiger charge is 2.20. The number of nitrogens with zero attached hydrogens (tertiary/aromatic N) is 2. The first-order chi connectivity index (χ1) is 9.56. The van der Waals surface area contributed by atoms with Crippen molar-refractivity contribution in [2.75, 3.05) is 68.0 Å². The number of likely N-dealkylation sites (N-methyl/N-ethyl adjacent to an activating group) is 1. The number of hydrogen-bond acceptors (Lipinski definition) is 2. The van der Waals surface area contributed by atoms with E-state index in [0.29, 0.717) is 30.5 Å². The van der Waals surface area contributed by atoms with E-state index in [1.165, 1.54) is 0 Å². The number of carbonyl (C=O) groups is 2. The fraction of sp³-hybridized carbons (Fsp3) is 0.867. The number of nitrogens with one attached hydrogen (secondary N) is 2. The molecule has 0 rings (SSSR count). The van der Waals surface area contributed by atoms with Crippen molar-refractivity contribution in [3.8, 4) is 0 Å². The summed E-state index contributed by atoms with van der Waals surface area (Å²) in [4.78, 5) is 22.9. The molecule has 0 saturated carbocycles. The van der Waals surface area contributed by atoms with Crippen LogP contribution in [0.5, 0.6) is 0 Å². The Morgan fingerprint density at radius 1 is 0.857 bits per heavy atom. The van der Waals surface area contributed by atoms with E-state index < -0.39 is 0 Å². The summed E-state index contributed by atoms with van der Waals surface area (Å²) in [5, 5.41) is 5.59. The summed E-state index contributed by atoms with van der Waals surface area (Å²) in [5.41, 5.74) is 0. The first-order valence-electron chi connectivity index (χ1n) is 7.71. The first kappa shape index (κ1) is 19.9. The molecule has 0 spiro atoms. The molecule has 0 aliphatic rings. The van der Waals surface area contributed by atoms with Gasteiger partial charge in [-0.1, -0.05) is 6.92 Å². The molecular formula is C15H34N4O2+2. The molecule has 6 heteroatoms. The van der Waals surface area contributed by atoms with Crippen LogP contribution in [0, 0.1) is 0 Å². The van der Waals surface area contributed by atoms with Gasteiger partial charge in [0.25, 0.3) is 5.91 Å². The predicted molar refractivity (Wildman–Crippen MR) is 85.7 cm³/mol. The summed E-state index contributed by atoms with van der Waals surface area (Å²) < 4.78 is 1.64. The molecule has 0 heterocycles. The van der Waals surface area contributed by atoms with Crippen LogP contribution in [0.1, 0.15) is 19.8 Å². The zero-order chi connectivity index (χ0) is 16.5. The normalized spacial score (nSPS) is 12.1. The van der Waals surface area contributed by atoms with E-state index in [0.717, 1.165) is 24.0 Å². The molecule has 0 atom stereocenters. The van der Waals surface area contributed by atoms with Crippen molar-refractivity contribution in [3.05, 3.63) is 0 Å². The van der Waals surface area contributed by atoms with Crippen LogP contribution in [0.4, 0.5) is 0 Å². The molecule has 2 N–H and O–H groups in total. The molecule has 6 nitrogen and oxygen atoms in total. The third-order valence-electron chi connectivity index (χ3n) is 3.25. The van der Waals surface area contributed by atoms with Crippen molar-refractivity contribution >= 4 is 11.8 Å². The van der Waals surface area contributed by atoms with E-state index in [9.17, 15) is 9.59 Å². The Hall–Kier alpha value is -1.14. The Balaban J connectivity index is 3.88. The lowest BCUT2D eigenvalue weighted by molar-refractivity contribution is -0.896. The van der Waals surface area contributed by atoms with Crippen molar-refractivity contribution in [2.45, 2.75) is 19.8 Å². The second-order valence-electron chi connectivity index (χ2n) is 7.24. The van der Waals surface area contributed by atoms with Crippen LogP contribution < -0.4 is 10.6 Å². The zero-order valence-electron chi connectivity index (χ0n) is 14.7. The van der Waals surface area contributed by atoms with Gasteiger partial charge < -0.3 is 19.6 Å².